The zero-order valence-electron chi connectivity index (χ0n) is 9.84. The van der Waals surface area contributed by atoms with Crippen LogP contribution in [-0.4, -0.2) is 17.1 Å². The molecule has 0 radical (unpaired) electrons. The smallest absolute Gasteiger partial charge is 0.326 e. The quantitative estimate of drug-likeness (QED) is 0.648. The molecule has 100 valence electrons. The van der Waals surface area contributed by atoms with E-state index in [0.717, 1.165) is 31.9 Å². The highest BCUT2D eigenvalue weighted by atomic mass is 79.9. The number of aliphatic carboxylic acids is 1. The first kappa shape index (κ1) is 16.0. The Balaban J connectivity index is 2.90. The molecular formula is C12H14Br3NO2. The number of carbonyl (C=O) groups is 1. The maximum Gasteiger partial charge on any atom is 0.326 e. The van der Waals surface area contributed by atoms with Crippen LogP contribution in [0.3, 0.4) is 0 Å². The van der Waals surface area contributed by atoms with E-state index >= 15 is 0 Å². The predicted molar refractivity (Wildman–Crippen MR) is 84.1 cm³/mol. The molecule has 2 N–H and O–H groups in total. The fraction of sp³-hybridized carbons (Fsp3) is 0.417. The first-order valence-electron chi connectivity index (χ1n) is 5.59. The van der Waals surface area contributed by atoms with Gasteiger partial charge in [0.15, 0.2) is 0 Å². The Morgan fingerprint density at radius 2 is 1.89 bits per heavy atom. The van der Waals surface area contributed by atoms with Gasteiger partial charge in [-0.1, -0.05) is 35.7 Å². The van der Waals surface area contributed by atoms with Gasteiger partial charge < -0.3 is 10.4 Å². The summed E-state index contributed by atoms with van der Waals surface area (Å²) < 4.78 is 2.57. The summed E-state index contributed by atoms with van der Waals surface area (Å²) in [5.74, 6) is -0.829. The number of anilines is 1. The summed E-state index contributed by atoms with van der Waals surface area (Å²) in [4.78, 5) is 11.2. The molecule has 0 aliphatic carbocycles. The maximum absolute atomic E-state index is 11.2. The second kappa shape index (κ2) is 7.50. The molecule has 0 saturated carbocycles. The fourth-order valence-electron chi connectivity index (χ4n) is 1.52. The van der Waals surface area contributed by atoms with Crippen LogP contribution in [-0.2, 0) is 4.79 Å². The molecule has 0 fully saturated rings. The van der Waals surface area contributed by atoms with Crippen LogP contribution < -0.4 is 5.32 Å². The fourth-order valence-corrected chi connectivity index (χ4v) is 4.01. The van der Waals surface area contributed by atoms with Crippen LogP contribution in [0.2, 0.25) is 0 Å². The third kappa shape index (κ3) is 4.55. The van der Waals surface area contributed by atoms with E-state index in [1.807, 2.05) is 19.1 Å². The summed E-state index contributed by atoms with van der Waals surface area (Å²) in [6.45, 7) is 2.05. The van der Waals surface area contributed by atoms with Crippen molar-refractivity contribution >= 4 is 59.4 Å². The van der Waals surface area contributed by atoms with E-state index in [1.54, 1.807) is 0 Å². The normalized spacial score (nSPS) is 12.2. The Labute approximate surface area is 132 Å². The summed E-state index contributed by atoms with van der Waals surface area (Å²) in [6.07, 6.45) is 2.48. The van der Waals surface area contributed by atoms with Gasteiger partial charge in [-0.3, -0.25) is 0 Å². The zero-order valence-corrected chi connectivity index (χ0v) is 14.6. The molecule has 0 aliphatic heterocycles. The topological polar surface area (TPSA) is 49.3 Å². The Hall–Kier alpha value is -0.0700. The van der Waals surface area contributed by atoms with E-state index in [-0.39, 0.29) is 0 Å². The number of unbranched alkanes of at least 4 members (excludes halogenated alkanes) is 1. The van der Waals surface area contributed by atoms with E-state index in [9.17, 15) is 9.90 Å². The lowest BCUT2D eigenvalue weighted by molar-refractivity contribution is -0.138. The molecule has 0 amide bonds. The second-order valence-electron chi connectivity index (χ2n) is 3.92. The van der Waals surface area contributed by atoms with Crippen molar-refractivity contribution in [3.05, 3.63) is 25.6 Å². The molecule has 1 rings (SSSR count). The number of carboxylic acid groups (broad SMARTS) is 1. The molecule has 0 heterocycles. The van der Waals surface area contributed by atoms with Crippen LogP contribution >= 0.6 is 47.8 Å². The molecule has 0 saturated heterocycles. The number of nitrogens with one attached hydrogen (secondary N) is 1. The van der Waals surface area contributed by atoms with Gasteiger partial charge in [0.2, 0.25) is 0 Å². The first-order valence-corrected chi connectivity index (χ1v) is 7.97. The minimum atomic E-state index is -0.829. The SMILES string of the molecule is CCCCC(Nc1c(Br)cc(Br)cc1Br)C(=O)O. The standard InChI is InChI=1S/C12H14Br3NO2/c1-2-3-4-10(12(17)18)16-11-8(14)5-7(13)6-9(11)15/h5-6,10,16H,2-4H2,1H3,(H,17,18). The monoisotopic (exact) mass is 441 g/mol. The van der Waals surface area contributed by atoms with Crippen molar-refractivity contribution < 1.29 is 9.90 Å². The highest BCUT2D eigenvalue weighted by Gasteiger charge is 2.19. The van der Waals surface area contributed by atoms with Crippen molar-refractivity contribution in [2.75, 3.05) is 5.32 Å². The largest absolute Gasteiger partial charge is 0.480 e. The van der Waals surface area contributed by atoms with Gasteiger partial charge >= 0.3 is 5.97 Å². The molecule has 1 unspecified atom stereocenters. The molecule has 1 atom stereocenters. The van der Waals surface area contributed by atoms with Gasteiger partial charge in [0.1, 0.15) is 6.04 Å². The van der Waals surface area contributed by atoms with Crippen LogP contribution in [0.25, 0.3) is 0 Å². The van der Waals surface area contributed by atoms with Crippen LogP contribution in [0, 0.1) is 0 Å². The van der Waals surface area contributed by atoms with Crippen molar-refractivity contribution in [1.82, 2.24) is 0 Å². The van der Waals surface area contributed by atoms with Gasteiger partial charge in [-0.25, -0.2) is 4.79 Å². The lowest BCUT2D eigenvalue weighted by atomic mass is 10.1. The highest BCUT2D eigenvalue weighted by Crippen LogP contribution is 2.35. The van der Waals surface area contributed by atoms with Gasteiger partial charge in [0.05, 0.1) is 5.69 Å². The lowest BCUT2D eigenvalue weighted by Crippen LogP contribution is -2.29. The molecule has 6 heteroatoms. The Morgan fingerprint density at radius 3 is 2.33 bits per heavy atom. The molecule has 1 aromatic rings. The van der Waals surface area contributed by atoms with E-state index in [2.05, 4.69) is 53.1 Å². The predicted octanol–water partition coefficient (Wildman–Crippen LogP) is 5.03. The van der Waals surface area contributed by atoms with Gasteiger partial charge in [0.25, 0.3) is 0 Å². The average molecular weight is 444 g/mol. The van der Waals surface area contributed by atoms with Gasteiger partial charge in [-0.2, -0.15) is 0 Å². The summed E-state index contributed by atoms with van der Waals surface area (Å²) in [6, 6.07) is 3.19. The Morgan fingerprint density at radius 1 is 1.33 bits per heavy atom. The van der Waals surface area contributed by atoms with Crippen LogP contribution in [0.1, 0.15) is 26.2 Å². The van der Waals surface area contributed by atoms with Crippen LogP contribution in [0.5, 0.6) is 0 Å². The number of halogens is 3. The maximum atomic E-state index is 11.2. The van der Waals surface area contributed by atoms with E-state index in [0.29, 0.717) is 6.42 Å². The summed E-state index contributed by atoms with van der Waals surface area (Å²) >= 11 is 10.2. The highest BCUT2D eigenvalue weighted by molar-refractivity contribution is 9.11. The van der Waals surface area contributed by atoms with Gasteiger partial charge in [-0.15, -0.1) is 0 Å². The molecule has 0 bridgehead atoms. The van der Waals surface area contributed by atoms with Crippen molar-refractivity contribution in [1.29, 1.82) is 0 Å². The van der Waals surface area contributed by atoms with Crippen molar-refractivity contribution in [2.24, 2.45) is 0 Å². The lowest BCUT2D eigenvalue weighted by Gasteiger charge is -2.18. The average Bonchev–Trinajstić information content (AvgIpc) is 2.26. The van der Waals surface area contributed by atoms with Crippen LogP contribution in [0.4, 0.5) is 5.69 Å². The van der Waals surface area contributed by atoms with Crippen LogP contribution in [0.15, 0.2) is 25.6 Å². The third-order valence-electron chi connectivity index (χ3n) is 2.47. The number of benzene rings is 1. The zero-order chi connectivity index (χ0) is 13.7. The minimum absolute atomic E-state index is 0.571. The molecule has 18 heavy (non-hydrogen) atoms. The molecule has 0 aliphatic rings. The van der Waals surface area contributed by atoms with Gasteiger partial charge in [0, 0.05) is 13.4 Å². The van der Waals surface area contributed by atoms with E-state index in [1.165, 1.54) is 0 Å². The molecular weight excluding hydrogens is 430 g/mol. The Bertz CT molecular complexity index is 414. The summed E-state index contributed by atoms with van der Waals surface area (Å²) in [5.41, 5.74) is 0.765. The van der Waals surface area contributed by atoms with Crippen molar-refractivity contribution in [3.8, 4) is 0 Å². The molecule has 1 aromatic carbocycles. The first-order chi connectivity index (χ1) is 8.45. The second-order valence-corrected chi connectivity index (χ2v) is 6.55. The molecule has 3 nitrogen and oxygen atoms in total. The number of hydrogen-bond acceptors (Lipinski definition) is 2. The van der Waals surface area contributed by atoms with Crippen molar-refractivity contribution in [2.45, 2.75) is 32.2 Å². The van der Waals surface area contributed by atoms with Gasteiger partial charge in [-0.05, 0) is 50.4 Å². The summed E-state index contributed by atoms with van der Waals surface area (Å²) in [5, 5.41) is 12.3. The Kier molecular flexibility index (Phi) is 6.66. The third-order valence-corrected chi connectivity index (χ3v) is 4.18. The molecule has 0 spiro atoms. The summed E-state index contributed by atoms with van der Waals surface area (Å²) in [7, 11) is 0. The molecule has 0 aromatic heterocycles. The van der Waals surface area contributed by atoms with E-state index < -0.39 is 12.0 Å². The van der Waals surface area contributed by atoms with Crippen molar-refractivity contribution in [3.63, 3.8) is 0 Å². The van der Waals surface area contributed by atoms with E-state index in [4.69, 9.17) is 0 Å². The number of carboxylic acids is 1. The number of hydrogen-bond donors (Lipinski definition) is 2. The minimum Gasteiger partial charge on any atom is -0.480 e. The number of rotatable bonds is 6.